The van der Waals surface area contributed by atoms with Crippen molar-refractivity contribution in [1.82, 2.24) is 10.3 Å². The molecule has 0 aliphatic rings. The summed E-state index contributed by atoms with van der Waals surface area (Å²) in [5, 5.41) is 2.98. The molecule has 2 aromatic rings. The van der Waals surface area contributed by atoms with E-state index >= 15 is 0 Å². The normalized spacial score (nSPS) is 10.2. The van der Waals surface area contributed by atoms with E-state index in [1.165, 1.54) is 12.1 Å². The molecular formula is C13H13FN2O. The van der Waals surface area contributed by atoms with Crippen LogP contribution in [-0.2, 0) is 6.54 Å². The second kappa shape index (κ2) is 5.41. The van der Waals surface area contributed by atoms with Gasteiger partial charge in [-0.05, 0) is 37.4 Å². The van der Waals surface area contributed by atoms with E-state index < -0.39 is 0 Å². The van der Waals surface area contributed by atoms with Gasteiger partial charge in [0.15, 0.2) is 0 Å². The Morgan fingerprint density at radius 1 is 1.35 bits per heavy atom. The van der Waals surface area contributed by atoms with Crippen molar-refractivity contribution >= 4 is 0 Å². The van der Waals surface area contributed by atoms with E-state index in [0.29, 0.717) is 18.0 Å². The van der Waals surface area contributed by atoms with Gasteiger partial charge in [-0.1, -0.05) is 0 Å². The fourth-order valence-corrected chi connectivity index (χ4v) is 1.51. The van der Waals surface area contributed by atoms with Gasteiger partial charge in [0.25, 0.3) is 0 Å². The maximum atomic E-state index is 13.1. The molecule has 0 saturated heterocycles. The van der Waals surface area contributed by atoms with Crippen LogP contribution in [0.2, 0.25) is 0 Å². The quantitative estimate of drug-likeness (QED) is 0.880. The van der Waals surface area contributed by atoms with Crippen LogP contribution < -0.4 is 10.1 Å². The first kappa shape index (κ1) is 11.5. The molecule has 88 valence electrons. The third-order valence-corrected chi connectivity index (χ3v) is 2.25. The van der Waals surface area contributed by atoms with Gasteiger partial charge >= 0.3 is 0 Å². The summed E-state index contributed by atoms with van der Waals surface area (Å²) in [6, 6.07) is 8.05. The van der Waals surface area contributed by atoms with E-state index in [1.54, 1.807) is 37.6 Å². The van der Waals surface area contributed by atoms with E-state index in [9.17, 15) is 4.39 Å². The van der Waals surface area contributed by atoms with Crippen LogP contribution in [0.4, 0.5) is 4.39 Å². The molecule has 1 aromatic heterocycles. The topological polar surface area (TPSA) is 34.1 Å². The smallest absolute Gasteiger partial charge is 0.145 e. The lowest BCUT2D eigenvalue weighted by atomic mass is 10.2. The molecule has 1 heterocycles. The van der Waals surface area contributed by atoms with E-state index in [0.717, 1.165) is 5.56 Å². The number of hydrogen-bond donors (Lipinski definition) is 1. The summed E-state index contributed by atoms with van der Waals surface area (Å²) in [7, 11) is 1.80. The highest BCUT2D eigenvalue weighted by atomic mass is 19.1. The summed E-state index contributed by atoms with van der Waals surface area (Å²) < 4.78 is 18.8. The van der Waals surface area contributed by atoms with Gasteiger partial charge in [0.05, 0.1) is 6.20 Å². The maximum absolute atomic E-state index is 13.1. The van der Waals surface area contributed by atoms with Gasteiger partial charge < -0.3 is 10.1 Å². The first-order valence-electron chi connectivity index (χ1n) is 5.30. The first-order chi connectivity index (χ1) is 8.29. The van der Waals surface area contributed by atoms with Crippen molar-refractivity contribution in [3.63, 3.8) is 0 Å². The fraction of sp³-hybridized carbons (Fsp3) is 0.154. The zero-order chi connectivity index (χ0) is 12.1. The molecule has 0 radical (unpaired) electrons. The standard InChI is InChI=1S/C13H13FN2O/c1-15-8-10-7-11(14)4-5-13(10)17-12-3-2-6-16-9-12/h2-7,9,15H,8H2,1H3. The summed E-state index contributed by atoms with van der Waals surface area (Å²) >= 11 is 0. The minimum absolute atomic E-state index is 0.270. The van der Waals surface area contributed by atoms with Crippen LogP contribution in [0.5, 0.6) is 11.5 Å². The van der Waals surface area contributed by atoms with Crippen molar-refractivity contribution in [3.05, 3.63) is 54.1 Å². The Balaban J connectivity index is 2.26. The van der Waals surface area contributed by atoms with E-state index in [1.807, 2.05) is 0 Å². The van der Waals surface area contributed by atoms with Gasteiger partial charge in [0.2, 0.25) is 0 Å². The molecule has 4 heteroatoms. The molecule has 0 bridgehead atoms. The summed E-state index contributed by atoms with van der Waals surface area (Å²) in [4.78, 5) is 3.96. The highest BCUT2D eigenvalue weighted by Crippen LogP contribution is 2.25. The summed E-state index contributed by atoms with van der Waals surface area (Å²) in [5.41, 5.74) is 0.774. The average molecular weight is 232 g/mol. The number of pyridine rings is 1. The summed E-state index contributed by atoms with van der Waals surface area (Å²) in [6.07, 6.45) is 3.29. The molecule has 3 nitrogen and oxygen atoms in total. The predicted octanol–water partition coefficient (Wildman–Crippen LogP) is 2.73. The molecule has 1 aromatic carbocycles. The average Bonchev–Trinajstić information content (AvgIpc) is 2.34. The Hall–Kier alpha value is -1.94. The van der Waals surface area contributed by atoms with Gasteiger partial charge in [-0.2, -0.15) is 0 Å². The van der Waals surface area contributed by atoms with E-state index in [-0.39, 0.29) is 5.82 Å². The molecule has 0 aliphatic carbocycles. The van der Waals surface area contributed by atoms with Crippen molar-refractivity contribution in [3.8, 4) is 11.5 Å². The number of nitrogens with zero attached hydrogens (tertiary/aromatic N) is 1. The first-order valence-corrected chi connectivity index (χ1v) is 5.30. The highest BCUT2D eigenvalue weighted by Gasteiger charge is 2.05. The van der Waals surface area contributed by atoms with Crippen LogP contribution in [0.25, 0.3) is 0 Å². The number of nitrogens with one attached hydrogen (secondary N) is 1. The Bertz CT molecular complexity index is 488. The van der Waals surface area contributed by atoms with Crippen LogP contribution in [0, 0.1) is 5.82 Å². The summed E-state index contributed by atoms with van der Waals surface area (Å²) in [5.74, 6) is 0.999. The molecule has 0 fully saturated rings. The van der Waals surface area contributed by atoms with Crippen LogP contribution in [0.1, 0.15) is 5.56 Å². The lowest BCUT2D eigenvalue weighted by molar-refractivity contribution is 0.469. The minimum atomic E-state index is -0.270. The Morgan fingerprint density at radius 2 is 2.24 bits per heavy atom. The number of rotatable bonds is 4. The van der Waals surface area contributed by atoms with Gasteiger partial charge in [0.1, 0.15) is 17.3 Å². The van der Waals surface area contributed by atoms with Gasteiger partial charge in [-0.3, -0.25) is 4.98 Å². The van der Waals surface area contributed by atoms with Gasteiger partial charge in [-0.15, -0.1) is 0 Å². The van der Waals surface area contributed by atoms with Crippen molar-refractivity contribution < 1.29 is 9.13 Å². The number of benzene rings is 1. The molecule has 0 aliphatic heterocycles. The van der Waals surface area contributed by atoms with Crippen LogP contribution in [0.15, 0.2) is 42.7 Å². The largest absolute Gasteiger partial charge is 0.455 e. The lowest BCUT2D eigenvalue weighted by Gasteiger charge is -2.10. The van der Waals surface area contributed by atoms with Crippen LogP contribution in [0.3, 0.4) is 0 Å². The Morgan fingerprint density at radius 3 is 2.94 bits per heavy atom. The molecule has 0 amide bonds. The second-order valence-electron chi connectivity index (χ2n) is 3.57. The van der Waals surface area contributed by atoms with Crippen LogP contribution in [-0.4, -0.2) is 12.0 Å². The molecule has 0 atom stereocenters. The molecule has 1 N–H and O–H groups in total. The Kier molecular flexibility index (Phi) is 3.67. The number of halogens is 1. The third-order valence-electron chi connectivity index (χ3n) is 2.25. The minimum Gasteiger partial charge on any atom is -0.455 e. The van der Waals surface area contributed by atoms with Gasteiger partial charge in [0, 0.05) is 18.3 Å². The number of aromatic nitrogens is 1. The van der Waals surface area contributed by atoms with Crippen molar-refractivity contribution in [2.75, 3.05) is 7.05 Å². The molecule has 0 spiro atoms. The molecule has 2 rings (SSSR count). The number of hydrogen-bond acceptors (Lipinski definition) is 3. The second-order valence-corrected chi connectivity index (χ2v) is 3.57. The maximum Gasteiger partial charge on any atom is 0.145 e. The summed E-state index contributed by atoms with van der Waals surface area (Å²) in [6.45, 7) is 0.549. The molecule has 17 heavy (non-hydrogen) atoms. The molecule has 0 saturated carbocycles. The van der Waals surface area contributed by atoms with Crippen molar-refractivity contribution in [1.29, 1.82) is 0 Å². The lowest BCUT2D eigenvalue weighted by Crippen LogP contribution is -2.06. The zero-order valence-electron chi connectivity index (χ0n) is 9.48. The van der Waals surface area contributed by atoms with Crippen molar-refractivity contribution in [2.24, 2.45) is 0 Å². The zero-order valence-corrected chi connectivity index (χ0v) is 9.48. The predicted molar refractivity (Wildman–Crippen MR) is 63.5 cm³/mol. The van der Waals surface area contributed by atoms with Crippen molar-refractivity contribution in [2.45, 2.75) is 6.54 Å². The fourth-order valence-electron chi connectivity index (χ4n) is 1.51. The van der Waals surface area contributed by atoms with E-state index in [2.05, 4.69) is 10.3 Å². The third kappa shape index (κ3) is 3.01. The molecular weight excluding hydrogens is 219 g/mol. The Labute approximate surface area is 99.3 Å². The monoisotopic (exact) mass is 232 g/mol. The SMILES string of the molecule is CNCc1cc(F)ccc1Oc1cccnc1. The highest BCUT2D eigenvalue weighted by molar-refractivity contribution is 5.37. The van der Waals surface area contributed by atoms with Gasteiger partial charge in [-0.25, -0.2) is 4.39 Å². The number of ether oxygens (including phenoxy) is 1. The molecule has 0 unspecified atom stereocenters. The van der Waals surface area contributed by atoms with Crippen LogP contribution >= 0.6 is 0 Å². The van der Waals surface area contributed by atoms with E-state index in [4.69, 9.17) is 4.74 Å².